The van der Waals surface area contributed by atoms with Crippen molar-refractivity contribution < 1.29 is 9.53 Å². The van der Waals surface area contributed by atoms with E-state index in [9.17, 15) is 4.79 Å². The molecule has 2 N–H and O–H groups in total. The van der Waals surface area contributed by atoms with Crippen LogP contribution in [-0.2, 0) is 16.7 Å². The van der Waals surface area contributed by atoms with Crippen molar-refractivity contribution in [3.63, 3.8) is 0 Å². The van der Waals surface area contributed by atoms with Crippen molar-refractivity contribution in [2.75, 3.05) is 11.9 Å². The Kier molecular flexibility index (Phi) is 4.60. The van der Waals surface area contributed by atoms with Crippen LogP contribution in [0.3, 0.4) is 0 Å². The fraction of sp³-hybridized carbons (Fsp3) is 0.562. The Labute approximate surface area is 145 Å². The summed E-state index contributed by atoms with van der Waals surface area (Å²) in [5, 5.41) is 11.9. The quantitative estimate of drug-likeness (QED) is 0.893. The number of ether oxygens (including phenoxy) is 1. The van der Waals surface area contributed by atoms with E-state index in [1.54, 1.807) is 22.3 Å². The minimum absolute atomic E-state index is 0.120. The summed E-state index contributed by atoms with van der Waals surface area (Å²) in [5.74, 6) is 0.287. The third-order valence-electron chi connectivity index (χ3n) is 3.93. The molecule has 24 heavy (non-hydrogen) atoms. The first kappa shape index (κ1) is 16.9. The van der Waals surface area contributed by atoms with E-state index >= 15 is 0 Å². The van der Waals surface area contributed by atoms with E-state index in [0.29, 0.717) is 6.61 Å². The average molecular weight is 349 g/mol. The average Bonchev–Trinajstić information content (AvgIpc) is 3.14. The van der Waals surface area contributed by atoms with Gasteiger partial charge in [-0.15, -0.1) is 16.4 Å². The van der Waals surface area contributed by atoms with Gasteiger partial charge in [-0.2, -0.15) is 0 Å². The molecule has 7 nitrogen and oxygen atoms in total. The molecular weight excluding hydrogens is 326 g/mol. The molecule has 0 unspecified atom stereocenters. The number of urea groups is 1. The highest BCUT2D eigenvalue weighted by Crippen LogP contribution is 2.33. The van der Waals surface area contributed by atoms with Crippen LogP contribution in [0.1, 0.15) is 44.2 Å². The van der Waals surface area contributed by atoms with E-state index in [2.05, 4.69) is 32.2 Å². The summed E-state index contributed by atoms with van der Waals surface area (Å²) < 4.78 is 7.57. The molecule has 0 saturated heterocycles. The maximum Gasteiger partial charge on any atom is 0.321 e. The number of carbonyl (C=O) groups excluding carboxylic acids is 1. The number of anilines is 1. The van der Waals surface area contributed by atoms with E-state index in [0.717, 1.165) is 6.42 Å². The van der Waals surface area contributed by atoms with Gasteiger partial charge in [0.15, 0.2) is 0 Å². The summed E-state index contributed by atoms with van der Waals surface area (Å²) in [5.41, 5.74) is 0.997. The number of amides is 2. The molecule has 0 fully saturated rings. The fourth-order valence-corrected chi connectivity index (χ4v) is 3.55. The normalized spacial score (nSPS) is 18.8. The Hall–Kier alpha value is -1.93. The van der Waals surface area contributed by atoms with Crippen molar-refractivity contribution >= 4 is 23.3 Å². The summed E-state index contributed by atoms with van der Waals surface area (Å²) in [6, 6.07) is 1.59. The molecule has 0 bridgehead atoms. The van der Waals surface area contributed by atoms with Crippen molar-refractivity contribution in [3.8, 4) is 0 Å². The maximum absolute atomic E-state index is 12.2. The van der Waals surface area contributed by atoms with Gasteiger partial charge >= 0.3 is 6.03 Å². The fourth-order valence-electron chi connectivity index (χ4n) is 2.65. The molecule has 3 rings (SSSR count). The van der Waals surface area contributed by atoms with E-state index in [4.69, 9.17) is 4.74 Å². The number of nitrogens with zero attached hydrogens (tertiary/aromatic N) is 3. The standard InChI is InChI=1S/C16H23N5O2S/c1-10(13-11-6-8-24-12(11)5-7-23-13)18-15(22)19-14-17-9-21(20-14)16(2,3)4/h6,8-10,13H,5,7H2,1-4H3,(H2,18,19,20,22)/t10-,13+/m1/s1. The summed E-state index contributed by atoms with van der Waals surface area (Å²) in [6.07, 6.45) is 2.43. The van der Waals surface area contributed by atoms with Gasteiger partial charge in [0.05, 0.1) is 18.2 Å². The monoisotopic (exact) mass is 349 g/mol. The molecule has 1 aliphatic rings. The first-order valence-corrected chi connectivity index (χ1v) is 8.90. The molecule has 8 heteroatoms. The third-order valence-corrected chi connectivity index (χ3v) is 4.93. The lowest BCUT2D eigenvalue weighted by molar-refractivity contribution is 0.0238. The molecule has 2 atom stereocenters. The number of hydrogen-bond donors (Lipinski definition) is 2. The van der Waals surface area contributed by atoms with E-state index in [1.165, 1.54) is 10.4 Å². The summed E-state index contributed by atoms with van der Waals surface area (Å²) in [7, 11) is 0. The topological polar surface area (TPSA) is 81.1 Å². The van der Waals surface area contributed by atoms with Crippen molar-refractivity contribution in [2.45, 2.75) is 51.8 Å². The largest absolute Gasteiger partial charge is 0.371 e. The molecule has 2 aromatic heterocycles. The van der Waals surface area contributed by atoms with Crippen molar-refractivity contribution in [3.05, 3.63) is 28.2 Å². The predicted molar refractivity (Wildman–Crippen MR) is 93.4 cm³/mol. The lowest BCUT2D eigenvalue weighted by Crippen LogP contribution is -2.41. The van der Waals surface area contributed by atoms with Crippen molar-refractivity contribution in [2.24, 2.45) is 0 Å². The van der Waals surface area contributed by atoms with Crippen LogP contribution in [-0.4, -0.2) is 33.4 Å². The van der Waals surface area contributed by atoms with Gasteiger partial charge in [-0.25, -0.2) is 14.5 Å². The second-order valence-corrected chi connectivity index (χ2v) is 7.91. The van der Waals surface area contributed by atoms with Gasteiger partial charge in [0, 0.05) is 11.3 Å². The SMILES string of the molecule is C[C@@H](NC(=O)Nc1ncn(C(C)(C)C)n1)[C@@H]1OCCc2sccc21. The van der Waals surface area contributed by atoms with Crippen LogP contribution in [0.15, 0.2) is 17.8 Å². The zero-order chi connectivity index (χ0) is 17.3. The van der Waals surface area contributed by atoms with Crippen LogP contribution in [0.25, 0.3) is 0 Å². The highest BCUT2D eigenvalue weighted by atomic mass is 32.1. The molecule has 0 aliphatic carbocycles. The van der Waals surface area contributed by atoms with Gasteiger partial charge in [-0.3, -0.25) is 5.32 Å². The number of thiophene rings is 1. The maximum atomic E-state index is 12.2. The van der Waals surface area contributed by atoms with E-state index < -0.39 is 0 Å². The Morgan fingerprint density at radius 3 is 3.00 bits per heavy atom. The second-order valence-electron chi connectivity index (χ2n) is 6.91. The Morgan fingerprint density at radius 1 is 1.50 bits per heavy atom. The molecule has 3 heterocycles. The number of carbonyl (C=O) groups is 1. The van der Waals surface area contributed by atoms with Gasteiger partial charge in [0.2, 0.25) is 5.95 Å². The Morgan fingerprint density at radius 2 is 2.29 bits per heavy atom. The molecule has 0 aromatic carbocycles. The number of nitrogens with one attached hydrogen (secondary N) is 2. The first-order valence-electron chi connectivity index (χ1n) is 8.02. The molecule has 2 aromatic rings. The molecule has 0 radical (unpaired) electrons. The Bertz CT molecular complexity index is 718. The summed E-state index contributed by atoms with van der Waals surface area (Å²) in [6.45, 7) is 8.69. The van der Waals surface area contributed by atoms with Crippen LogP contribution < -0.4 is 10.6 Å². The number of rotatable bonds is 3. The minimum atomic E-state index is -0.333. The predicted octanol–water partition coefficient (Wildman–Crippen LogP) is 2.92. The van der Waals surface area contributed by atoms with E-state index in [-0.39, 0.29) is 29.7 Å². The van der Waals surface area contributed by atoms with Crippen LogP contribution >= 0.6 is 11.3 Å². The van der Waals surface area contributed by atoms with Crippen LogP contribution in [0.4, 0.5) is 10.7 Å². The summed E-state index contributed by atoms with van der Waals surface area (Å²) in [4.78, 5) is 17.7. The third kappa shape index (κ3) is 3.59. The second kappa shape index (κ2) is 6.52. The van der Waals surface area contributed by atoms with Gasteiger partial charge in [-0.05, 0) is 44.7 Å². The lowest BCUT2D eigenvalue weighted by atomic mass is 10.0. The zero-order valence-corrected chi connectivity index (χ0v) is 15.2. The van der Waals surface area contributed by atoms with Gasteiger partial charge in [-0.1, -0.05) is 0 Å². The molecule has 0 spiro atoms. The van der Waals surface area contributed by atoms with Crippen molar-refractivity contribution in [1.82, 2.24) is 20.1 Å². The number of fused-ring (bicyclic) bond motifs is 1. The minimum Gasteiger partial charge on any atom is -0.371 e. The highest BCUT2D eigenvalue weighted by Gasteiger charge is 2.28. The van der Waals surface area contributed by atoms with E-state index in [1.807, 2.05) is 27.7 Å². The lowest BCUT2D eigenvalue weighted by Gasteiger charge is -2.29. The van der Waals surface area contributed by atoms with Gasteiger partial charge in [0.1, 0.15) is 12.4 Å². The molecule has 1 aliphatic heterocycles. The molecule has 0 saturated carbocycles. The van der Waals surface area contributed by atoms with Crippen molar-refractivity contribution in [1.29, 1.82) is 0 Å². The van der Waals surface area contributed by atoms with Crippen LogP contribution in [0.5, 0.6) is 0 Å². The van der Waals surface area contributed by atoms with Gasteiger partial charge in [0.25, 0.3) is 0 Å². The first-order chi connectivity index (χ1) is 11.3. The molecule has 130 valence electrons. The van der Waals surface area contributed by atoms with Crippen LogP contribution in [0.2, 0.25) is 0 Å². The number of hydrogen-bond acceptors (Lipinski definition) is 5. The van der Waals surface area contributed by atoms with Gasteiger partial charge < -0.3 is 10.1 Å². The smallest absolute Gasteiger partial charge is 0.321 e. The molecular formula is C16H23N5O2S. The number of aromatic nitrogens is 3. The van der Waals surface area contributed by atoms with Crippen LogP contribution in [0, 0.1) is 0 Å². The highest BCUT2D eigenvalue weighted by molar-refractivity contribution is 7.10. The Balaban J connectivity index is 1.60. The zero-order valence-electron chi connectivity index (χ0n) is 14.4. The molecule has 2 amide bonds. The summed E-state index contributed by atoms with van der Waals surface area (Å²) >= 11 is 1.74.